The lowest BCUT2D eigenvalue weighted by molar-refractivity contribution is -0.109. The van der Waals surface area contributed by atoms with Crippen molar-refractivity contribution < 1.29 is 18.3 Å². The predicted molar refractivity (Wildman–Crippen MR) is 94.9 cm³/mol. The zero-order chi connectivity index (χ0) is 19.0. The lowest BCUT2D eigenvalue weighted by Gasteiger charge is -2.15. The van der Waals surface area contributed by atoms with Crippen molar-refractivity contribution in [2.75, 3.05) is 0 Å². The van der Waals surface area contributed by atoms with Gasteiger partial charge < -0.3 is 4.74 Å². The van der Waals surface area contributed by atoms with E-state index in [1.54, 1.807) is 30.3 Å². The molecular weight excluding hydrogens is 372 g/mol. The third-order valence-corrected chi connectivity index (χ3v) is 5.18. The molecule has 4 rings (SSSR count). The summed E-state index contributed by atoms with van der Waals surface area (Å²) in [7, 11) is 0. The van der Waals surface area contributed by atoms with Crippen LogP contribution < -0.4 is 0 Å². The quantitative estimate of drug-likeness (QED) is 0.491. The molecule has 3 aromatic rings. The topological polar surface area (TPSA) is 60.3 Å². The molecule has 0 radical (unpaired) electrons. The van der Waals surface area contributed by atoms with Gasteiger partial charge in [0.1, 0.15) is 29.7 Å². The van der Waals surface area contributed by atoms with Crippen LogP contribution in [0.15, 0.2) is 60.0 Å². The molecule has 0 N–H and O–H groups in total. The Morgan fingerprint density at radius 1 is 1.26 bits per heavy atom. The lowest BCUT2D eigenvalue weighted by Crippen LogP contribution is -2.21. The van der Waals surface area contributed by atoms with Crippen molar-refractivity contribution >= 4 is 16.9 Å². The molecule has 1 aliphatic heterocycles. The van der Waals surface area contributed by atoms with Crippen LogP contribution in [0, 0.1) is 11.6 Å². The van der Waals surface area contributed by atoms with Gasteiger partial charge in [0.2, 0.25) is 0 Å². The normalized spacial score (nSPS) is 21.2. The van der Waals surface area contributed by atoms with Gasteiger partial charge in [0.05, 0.1) is 6.54 Å². The van der Waals surface area contributed by atoms with E-state index in [0.717, 1.165) is 11.8 Å². The molecule has 2 atom stereocenters. The van der Waals surface area contributed by atoms with Crippen molar-refractivity contribution in [3.8, 4) is 0 Å². The molecule has 2 aromatic carbocycles. The van der Waals surface area contributed by atoms with E-state index >= 15 is 0 Å². The van der Waals surface area contributed by atoms with Crippen LogP contribution in [0.25, 0.3) is 0 Å². The minimum absolute atomic E-state index is 0.133. The molecule has 1 saturated heterocycles. The van der Waals surface area contributed by atoms with E-state index in [1.165, 1.54) is 36.1 Å². The summed E-state index contributed by atoms with van der Waals surface area (Å²) in [6, 6.07) is 12.4. The van der Waals surface area contributed by atoms with E-state index in [0.29, 0.717) is 16.3 Å². The fourth-order valence-corrected chi connectivity index (χ4v) is 3.73. The number of nitrogens with zero attached hydrogens (tertiary/aromatic N) is 3. The zero-order valence-electron chi connectivity index (χ0n) is 14.3. The Bertz CT molecular complexity index is 1010. The highest BCUT2D eigenvalue weighted by Crippen LogP contribution is 2.58. The summed E-state index contributed by atoms with van der Waals surface area (Å²) in [4.78, 5) is 15.5. The van der Waals surface area contributed by atoms with E-state index in [4.69, 9.17) is 4.74 Å². The maximum atomic E-state index is 14.3. The second-order valence-electron chi connectivity index (χ2n) is 6.21. The fraction of sp³-hybridized carbons (Fsp3) is 0.211. The summed E-state index contributed by atoms with van der Waals surface area (Å²) in [6.45, 7) is 1.60. The Morgan fingerprint density at radius 3 is 2.81 bits per heavy atom. The first-order valence-electron chi connectivity index (χ1n) is 8.24. The van der Waals surface area contributed by atoms with Gasteiger partial charge in [-0.25, -0.2) is 18.4 Å². The van der Waals surface area contributed by atoms with Gasteiger partial charge in [-0.1, -0.05) is 30.3 Å². The van der Waals surface area contributed by atoms with E-state index in [2.05, 4.69) is 10.1 Å². The van der Waals surface area contributed by atoms with Gasteiger partial charge >= 0.3 is 0 Å². The van der Waals surface area contributed by atoms with E-state index in [1.807, 2.05) is 0 Å². The highest BCUT2D eigenvalue weighted by atomic mass is 32.2. The average molecular weight is 387 g/mol. The van der Waals surface area contributed by atoms with Crippen LogP contribution in [-0.4, -0.2) is 19.9 Å². The van der Waals surface area contributed by atoms with Gasteiger partial charge in [-0.05, 0) is 35.5 Å². The molecule has 5 nitrogen and oxygen atoms in total. The maximum Gasteiger partial charge on any atom is 0.193 e. The molecule has 0 saturated carbocycles. The molecule has 0 unspecified atom stereocenters. The van der Waals surface area contributed by atoms with Crippen molar-refractivity contribution in [1.82, 2.24) is 14.8 Å². The van der Waals surface area contributed by atoms with Crippen LogP contribution in [0.4, 0.5) is 8.78 Å². The number of hydrogen-bond donors (Lipinski definition) is 0. The van der Waals surface area contributed by atoms with Crippen LogP contribution >= 0.6 is 11.8 Å². The number of benzene rings is 2. The molecule has 138 valence electrons. The molecule has 0 bridgehead atoms. The van der Waals surface area contributed by atoms with Gasteiger partial charge in [0, 0.05) is 12.5 Å². The largest absolute Gasteiger partial charge is 0.354 e. The first-order chi connectivity index (χ1) is 13.0. The van der Waals surface area contributed by atoms with E-state index in [9.17, 15) is 13.6 Å². The van der Waals surface area contributed by atoms with Gasteiger partial charge in [0.25, 0.3) is 0 Å². The smallest absolute Gasteiger partial charge is 0.193 e. The minimum atomic E-state index is -0.996. The van der Waals surface area contributed by atoms with Crippen molar-refractivity contribution in [3.05, 3.63) is 77.6 Å². The zero-order valence-corrected chi connectivity index (χ0v) is 15.1. The second kappa shape index (κ2) is 6.86. The van der Waals surface area contributed by atoms with Crippen LogP contribution in [0.2, 0.25) is 0 Å². The molecule has 0 spiro atoms. The van der Waals surface area contributed by atoms with Gasteiger partial charge in [-0.2, -0.15) is 5.10 Å². The highest BCUT2D eigenvalue weighted by molar-refractivity contribution is 8.13. The number of carbonyl (C=O) groups is 1. The number of thioether (sulfide) groups is 1. The monoisotopic (exact) mass is 387 g/mol. The SMILES string of the molecule is CC(=O)Sc1ncnn1C[C@]1(c2cccc(F)c2)O[C@@H]1c1ccccc1F. The third kappa shape index (κ3) is 3.38. The molecule has 8 heteroatoms. The molecular formula is C19H15F2N3O2S. The Morgan fingerprint density at radius 2 is 2.07 bits per heavy atom. The number of epoxide rings is 1. The summed E-state index contributed by atoms with van der Waals surface area (Å²) in [5.41, 5.74) is -0.0305. The maximum absolute atomic E-state index is 14.3. The Kier molecular flexibility index (Phi) is 4.53. The van der Waals surface area contributed by atoms with E-state index in [-0.39, 0.29) is 11.7 Å². The number of rotatable bonds is 5. The second-order valence-corrected chi connectivity index (χ2v) is 7.36. The molecule has 2 heterocycles. The standard InChI is InChI=1S/C19H15F2N3O2S/c1-12(25)27-18-22-11-23-24(18)10-19(13-5-4-6-14(20)9-13)17(26-19)15-7-2-3-8-16(15)21/h2-9,11,17H,10H2,1H3/t17-,19-/m1/s1. The van der Waals surface area contributed by atoms with Crippen LogP contribution in [0.3, 0.4) is 0 Å². The number of ether oxygens (including phenoxy) is 1. The third-order valence-electron chi connectivity index (χ3n) is 4.40. The van der Waals surface area contributed by atoms with Crippen LogP contribution in [0.5, 0.6) is 0 Å². The van der Waals surface area contributed by atoms with Gasteiger partial charge in [-0.15, -0.1) is 0 Å². The van der Waals surface area contributed by atoms with Crippen molar-refractivity contribution in [3.63, 3.8) is 0 Å². The van der Waals surface area contributed by atoms with Gasteiger partial charge in [-0.3, -0.25) is 4.79 Å². The van der Waals surface area contributed by atoms with Gasteiger partial charge in [0.15, 0.2) is 10.3 Å². The predicted octanol–water partition coefficient (Wildman–Crippen LogP) is 3.86. The molecule has 1 fully saturated rings. The van der Waals surface area contributed by atoms with Crippen LogP contribution in [-0.2, 0) is 21.7 Å². The Balaban J connectivity index is 1.74. The summed E-state index contributed by atoms with van der Waals surface area (Å²) in [5.74, 6) is -0.802. The average Bonchev–Trinajstić information content (AvgIpc) is 3.20. The fourth-order valence-electron chi connectivity index (χ4n) is 3.15. The first-order valence-corrected chi connectivity index (χ1v) is 9.06. The summed E-state index contributed by atoms with van der Waals surface area (Å²) in [5, 5.41) is 4.43. The number of aromatic nitrogens is 3. The van der Waals surface area contributed by atoms with Crippen molar-refractivity contribution in [1.29, 1.82) is 0 Å². The summed E-state index contributed by atoms with van der Waals surface area (Å²) < 4.78 is 35.6. The van der Waals surface area contributed by atoms with Crippen molar-refractivity contribution in [2.24, 2.45) is 0 Å². The highest BCUT2D eigenvalue weighted by Gasteiger charge is 2.60. The number of hydrogen-bond acceptors (Lipinski definition) is 5. The molecule has 1 aliphatic rings. The molecule has 1 aromatic heterocycles. The Hall–Kier alpha value is -2.58. The minimum Gasteiger partial charge on any atom is -0.354 e. The number of carbonyl (C=O) groups excluding carboxylic acids is 1. The Labute approximate surface area is 158 Å². The first kappa shape index (κ1) is 17.8. The summed E-state index contributed by atoms with van der Waals surface area (Å²) in [6.07, 6.45) is 0.741. The molecule has 0 aliphatic carbocycles. The lowest BCUT2D eigenvalue weighted by atomic mass is 9.91. The summed E-state index contributed by atoms with van der Waals surface area (Å²) >= 11 is 0.945. The molecule has 0 amide bonds. The molecule has 27 heavy (non-hydrogen) atoms. The van der Waals surface area contributed by atoms with Crippen LogP contribution in [0.1, 0.15) is 24.2 Å². The van der Waals surface area contributed by atoms with E-state index < -0.39 is 23.3 Å². The number of halogens is 2. The van der Waals surface area contributed by atoms with Crippen molar-refractivity contribution in [2.45, 2.75) is 30.3 Å².